The van der Waals surface area contributed by atoms with E-state index in [2.05, 4.69) is 6.92 Å². The summed E-state index contributed by atoms with van der Waals surface area (Å²) in [6, 6.07) is 0. The van der Waals surface area contributed by atoms with Crippen LogP contribution in [0.15, 0.2) is 0 Å². The van der Waals surface area contributed by atoms with Crippen molar-refractivity contribution in [2.24, 2.45) is 0 Å². The molecule has 1 aliphatic rings. The molecule has 1 aliphatic heterocycles. The largest absolute Gasteiger partial charge is 0.388 e. The zero-order chi connectivity index (χ0) is 7.45. The summed E-state index contributed by atoms with van der Waals surface area (Å²) in [5.41, 5.74) is -0.264. The molecule has 0 radical (unpaired) electrons. The van der Waals surface area contributed by atoms with Gasteiger partial charge in [0.05, 0.1) is 5.60 Å². The van der Waals surface area contributed by atoms with Crippen LogP contribution in [0, 0.1) is 0 Å². The summed E-state index contributed by atoms with van der Waals surface area (Å²) in [7, 11) is 0. The monoisotopic (exact) mass is 160 g/mol. The van der Waals surface area contributed by atoms with E-state index in [4.69, 9.17) is 0 Å². The molecule has 1 saturated heterocycles. The molecule has 0 amide bonds. The summed E-state index contributed by atoms with van der Waals surface area (Å²) in [6.07, 6.45) is 4.75. The third kappa shape index (κ3) is 2.17. The van der Waals surface area contributed by atoms with E-state index < -0.39 is 0 Å². The van der Waals surface area contributed by atoms with Gasteiger partial charge in [0, 0.05) is 11.5 Å². The highest BCUT2D eigenvalue weighted by Crippen LogP contribution is 2.33. The maximum absolute atomic E-state index is 9.62. The Balaban J connectivity index is 2.01. The quantitative estimate of drug-likeness (QED) is 0.635. The van der Waals surface area contributed by atoms with Gasteiger partial charge in [-0.2, -0.15) is 11.8 Å². The van der Waals surface area contributed by atoms with Gasteiger partial charge in [0.15, 0.2) is 0 Å². The van der Waals surface area contributed by atoms with Gasteiger partial charge in [0.25, 0.3) is 0 Å². The minimum atomic E-state index is -0.264. The van der Waals surface area contributed by atoms with Gasteiger partial charge in [-0.1, -0.05) is 26.2 Å². The van der Waals surface area contributed by atoms with Crippen molar-refractivity contribution < 1.29 is 5.11 Å². The van der Waals surface area contributed by atoms with Crippen LogP contribution in [0.4, 0.5) is 0 Å². The molecule has 0 saturated carbocycles. The molecule has 1 rings (SSSR count). The molecule has 0 aromatic rings. The van der Waals surface area contributed by atoms with Crippen LogP contribution in [0.5, 0.6) is 0 Å². The summed E-state index contributed by atoms with van der Waals surface area (Å²) in [4.78, 5) is 0. The maximum atomic E-state index is 9.62. The molecule has 2 heteroatoms. The van der Waals surface area contributed by atoms with Crippen molar-refractivity contribution in [1.29, 1.82) is 0 Å². The Morgan fingerprint density at radius 3 is 2.50 bits per heavy atom. The standard InChI is InChI=1S/C8H16OS/c1-2-3-4-5-8(9)6-10-7-8/h9H,2-7H2,1H3. The van der Waals surface area contributed by atoms with Gasteiger partial charge in [-0.25, -0.2) is 0 Å². The van der Waals surface area contributed by atoms with Gasteiger partial charge in [0.1, 0.15) is 0 Å². The van der Waals surface area contributed by atoms with Crippen LogP contribution in [0.1, 0.15) is 32.6 Å². The molecule has 0 unspecified atom stereocenters. The smallest absolute Gasteiger partial charge is 0.0827 e. The van der Waals surface area contributed by atoms with Crippen molar-refractivity contribution in [3.05, 3.63) is 0 Å². The van der Waals surface area contributed by atoms with Crippen molar-refractivity contribution in [3.63, 3.8) is 0 Å². The Labute approximate surface area is 67.2 Å². The number of thioether (sulfide) groups is 1. The molecule has 0 aromatic carbocycles. The number of aliphatic hydroxyl groups is 1. The summed E-state index contributed by atoms with van der Waals surface area (Å²) in [6.45, 7) is 2.19. The molecule has 1 heterocycles. The molecular formula is C8H16OS. The van der Waals surface area contributed by atoms with Crippen LogP contribution in [-0.2, 0) is 0 Å². The highest BCUT2D eigenvalue weighted by molar-refractivity contribution is 8.00. The van der Waals surface area contributed by atoms with Crippen molar-refractivity contribution in [2.45, 2.75) is 38.2 Å². The van der Waals surface area contributed by atoms with E-state index in [0.29, 0.717) is 0 Å². The predicted molar refractivity (Wildman–Crippen MR) is 46.4 cm³/mol. The number of unbranched alkanes of at least 4 members (excludes halogenated alkanes) is 2. The van der Waals surface area contributed by atoms with Crippen LogP contribution in [0.2, 0.25) is 0 Å². The Bertz CT molecular complexity index is 99.4. The maximum Gasteiger partial charge on any atom is 0.0827 e. The number of hydrogen-bond donors (Lipinski definition) is 1. The summed E-state index contributed by atoms with van der Waals surface area (Å²) in [5, 5.41) is 9.62. The molecule has 0 spiro atoms. The Kier molecular flexibility index (Phi) is 3.05. The second kappa shape index (κ2) is 3.63. The van der Waals surface area contributed by atoms with Gasteiger partial charge in [0.2, 0.25) is 0 Å². The Morgan fingerprint density at radius 1 is 1.40 bits per heavy atom. The van der Waals surface area contributed by atoms with E-state index in [1.807, 2.05) is 11.8 Å². The van der Waals surface area contributed by atoms with E-state index in [9.17, 15) is 5.11 Å². The van der Waals surface area contributed by atoms with E-state index >= 15 is 0 Å². The molecule has 1 nitrogen and oxygen atoms in total. The van der Waals surface area contributed by atoms with E-state index in [0.717, 1.165) is 17.9 Å². The Hall–Kier alpha value is 0.310. The van der Waals surface area contributed by atoms with E-state index in [1.165, 1.54) is 19.3 Å². The Morgan fingerprint density at radius 2 is 2.10 bits per heavy atom. The highest BCUT2D eigenvalue weighted by Gasteiger charge is 2.34. The van der Waals surface area contributed by atoms with Crippen molar-refractivity contribution in [2.75, 3.05) is 11.5 Å². The minimum Gasteiger partial charge on any atom is -0.388 e. The lowest BCUT2D eigenvalue weighted by Crippen LogP contribution is -2.42. The third-order valence-electron chi connectivity index (χ3n) is 1.99. The second-order valence-corrected chi connectivity index (χ2v) is 4.16. The zero-order valence-corrected chi connectivity index (χ0v) is 7.41. The van der Waals surface area contributed by atoms with Gasteiger partial charge >= 0.3 is 0 Å². The fourth-order valence-corrected chi connectivity index (χ4v) is 2.15. The van der Waals surface area contributed by atoms with E-state index in [-0.39, 0.29) is 5.60 Å². The van der Waals surface area contributed by atoms with Gasteiger partial charge in [-0.3, -0.25) is 0 Å². The summed E-state index contributed by atoms with van der Waals surface area (Å²) in [5.74, 6) is 1.94. The summed E-state index contributed by atoms with van der Waals surface area (Å²) < 4.78 is 0. The van der Waals surface area contributed by atoms with Crippen LogP contribution in [0.3, 0.4) is 0 Å². The van der Waals surface area contributed by atoms with Gasteiger partial charge in [-0.05, 0) is 6.42 Å². The third-order valence-corrected chi connectivity index (χ3v) is 3.47. The van der Waals surface area contributed by atoms with E-state index in [1.54, 1.807) is 0 Å². The molecule has 0 atom stereocenters. The van der Waals surface area contributed by atoms with Crippen LogP contribution < -0.4 is 0 Å². The first-order chi connectivity index (χ1) is 4.77. The van der Waals surface area contributed by atoms with Crippen molar-refractivity contribution >= 4 is 11.8 Å². The van der Waals surface area contributed by atoms with Crippen LogP contribution in [-0.4, -0.2) is 22.2 Å². The lowest BCUT2D eigenvalue weighted by Gasteiger charge is -2.35. The summed E-state index contributed by atoms with van der Waals surface area (Å²) >= 11 is 1.85. The highest BCUT2D eigenvalue weighted by atomic mass is 32.2. The molecular weight excluding hydrogens is 144 g/mol. The predicted octanol–water partition coefficient (Wildman–Crippen LogP) is 2.04. The van der Waals surface area contributed by atoms with Gasteiger partial charge < -0.3 is 5.11 Å². The second-order valence-electron chi connectivity index (χ2n) is 3.17. The van der Waals surface area contributed by atoms with Crippen LogP contribution >= 0.6 is 11.8 Å². The molecule has 60 valence electrons. The van der Waals surface area contributed by atoms with Gasteiger partial charge in [-0.15, -0.1) is 0 Å². The molecule has 10 heavy (non-hydrogen) atoms. The zero-order valence-electron chi connectivity index (χ0n) is 6.60. The number of hydrogen-bond acceptors (Lipinski definition) is 2. The normalized spacial score (nSPS) is 22.2. The average Bonchev–Trinajstić information content (AvgIpc) is 1.85. The first-order valence-electron chi connectivity index (χ1n) is 4.07. The fourth-order valence-electron chi connectivity index (χ4n) is 1.19. The SMILES string of the molecule is CCCCCC1(O)CSC1. The molecule has 0 aliphatic carbocycles. The minimum absolute atomic E-state index is 0.264. The lowest BCUT2D eigenvalue weighted by atomic mass is 10.00. The first kappa shape index (κ1) is 8.41. The molecule has 1 N–H and O–H groups in total. The first-order valence-corrected chi connectivity index (χ1v) is 5.22. The number of rotatable bonds is 4. The van der Waals surface area contributed by atoms with Crippen molar-refractivity contribution in [3.8, 4) is 0 Å². The molecule has 1 fully saturated rings. The van der Waals surface area contributed by atoms with Crippen molar-refractivity contribution in [1.82, 2.24) is 0 Å². The fraction of sp³-hybridized carbons (Fsp3) is 1.00. The molecule has 0 aromatic heterocycles. The average molecular weight is 160 g/mol. The van der Waals surface area contributed by atoms with Crippen LogP contribution in [0.25, 0.3) is 0 Å². The topological polar surface area (TPSA) is 20.2 Å². The molecule has 0 bridgehead atoms. The lowest BCUT2D eigenvalue weighted by molar-refractivity contribution is 0.0666.